The number of thiocarbonyl (C=S) groups is 1. The lowest BCUT2D eigenvalue weighted by atomic mass is 10.1. The second kappa shape index (κ2) is 10.4. The van der Waals surface area contributed by atoms with Crippen LogP contribution in [0.25, 0.3) is 0 Å². The van der Waals surface area contributed by atoms with Gasteiger partial charge < -0.3 is 10.1 Å². The summed E-state index contributed by atoms with van der Waals surface area (Å²) in [5.74, 6) is 0.0188. The molecule has 6 nitrogen and oxygen atoms in total. The molecular weight excluding hydrogens is 501 g/mol. The number of ether oxygens (including phenoxy) is 1. The van der Waals surface area contributed by atoms with E-state index in [1.54, 1.807) is 31.4 Å². The maximum Gasteiger partial charge on any atom is 0.269 e. The van der Waals surface area contributed by atoms with Gasteiger partial charge in [0.15, 0.2) is 5.11 Å². The molecule has 0 heterocycles. The number of hydrazine groups is 1. The largest absolute Gasteiger partial charge is 0.496 e. The van der Waals surface area contributed by atoms with Crippen LogP contribution in [0.15, 0.2) is 42.5 Å². The number of halogens is 2. The number of hydrogen-bond acceptors (Lipinski definition) is 4. The predicted octanol–water partition coefficient (Wildman–Crippen LogP) is 3.22. The zero-order valence-corrected chi connectivity index (χ0v) is 18.1. The molecule has 0 aliphatic rings. The monoisotopic (exact) mass is 517 g/mol. The minimum Gasteiger partial charge on any atom is -0.496 e. The summed E-state index contributed by atoms with van der Waals surface area (Å²) in [7, 11) is 1.56. The van der Waals surface area contributed by atoms with Gasteiger partial charge in [0.25, 0.3) is 5.91 Å². The number of amides is 2. The van der Waals surface area contributed by atoms with Gasteiger partial charge in [0.05, 0.1) is 10.7 Å². The molecule has 27 heavy (non-hydrogen) atoms. The molecule has 0 aliphatic carbocycles. The van der Waals surface area contributed by atoms with E-state index in [0.29, 0.717) is 22.8 Å². The highest BCUT2D eigenvalue weighted by atomic mass is 127. The van der Waals surface area contributed by atoms with E-state index < -0.39 is 0 Å². The summed E-state index contributed by atoms with van der Waals surface area (Å²) >= 11 is 13.2. The molecule has 0 atom stereocenters. The topological polar surface area (TPSA) is 79.5 Å². The zero-order valence-electron chi connectivity index (χ0n) is 14.3. The van der Waals surface area contributed by atoms with Crippen LogP contribution in [0.3, 0.4) is 0 Å². The summed E-state index contributed by atoms with van der Waals surface area (Å²) in [5, 5.41) is 3.14. The summed E-state index contributed by atoms with van der Waals surface area (Å²) in [4.78, 5) is 24.1. The van der Waals surface area contributed by atoms with Gasteiger partial charge >= 0.3 is 0 Å². The van der Waals surface area contributed by atoms with Crippen molar-refractivity contribution in [2.75, 3.05) is 7.11 Å². The molecule has 0 saturated heterocycles. The summed E-state index contributed by atoms with van der Waals surface area (Å²) in [5.41, 5.74) is 6.27. The molecule has 142 valence electrons. The lowest BCUT2D eigenvalue weighted by Crippen LogP contribution is -2.48. The average molecular weight is 518 g/mol. The summed E-state index contributed by atoms with van der Waals surface area (Å²) in [6.07, 6.45) is 0.709. The lowest BCUT2D eigenvalue weighted by Gasteiger charge is -2.12. The van der Waals surface area contributed by atoms with E-state index in [9.17, 15) is 9.59 Å². The predicted molar refractivity (Wildman–Crippen MR) is 117 cm³/mol. The number of carbonyl (C=O) groups is 2. The fourth-order valence-corrected chi connectivity index (χ4v) is 3.29. The SMILES string of the molecule is COc1ccc(C(=O)NNC(=S)NC(=O)CCc2ccccc2Cl)cc1I. The Bertz CT molecular complexity index is 863. The zero-order chi connectivity index (χ0) is 19.8. The number of methoxy groups -OCH3 is 1. The van der Waals surface area contributed by atoms with Gasteiger partial charge in [0.2, 0.25) is 5.91 Å². The van der Waals surface area contributed by atoms with Gasteiger partial charge in [-0.25, -0.2) is 0 Å². The fourth-order valence-electron chi connectivity index (χ4n) is 2.16. The van der Waals surface area contributed by atoms with Crippen molar-refractivity contribution < 1.29 is 14.3 Å². The molecule has 0 fully saturated rings. The Balaban J connectivity index is 1.78. The molecule has 0 bridgehead atoms. The van der Waals surface area contributed by atoms with Crippen molar-refractivity contribution >= 4 is 63.3 Å². The molecule has 2 rings (SSSR count). The Kier molecular flexibility index (Phi) is 8.26. The molecule has 2 amide bonds. The van der Waals surface area contributed by atoms with Crippen LogP contribution in [0.5, 0.6) is 5.75 Å². The normalized spacial score (nSPS) is 10.0. The van der Waals surface area contributed by atoms with Gasteiger partial charge in [-0.05, 0) is 71.1 Å². The molecule has 2 aromatic rings. The average Bonchev–Trinajstić information content (AvgIpc) is 2.65. The highest BCUT2D eigenvalue weighted by molar-refractivity contribution is 14.1. The number of aryl methyl sites for hydroxylation is 1. The highest BCUT2D eigenvalue weighted by Crippen LogP contribution is 2.21. The van der Waals surface area contributed by atoms with Crippen LogP contribution in [0.2, 0.25) is 5.02 Å². The third-order valence-electron chi connectivity index (χ3n) is 3.54. The van der Waals surface area contributed by atoms with Gasteiger partial charge in [-0.2, -0.15) is 0 Å². The quantitative estimate of drug-likeness (QED) is 0.322. The Labute approximate surface area is 181 Å². The minimum atomic E-state index is -0.386. The van der Waals surface area contributed by atoms with Crippen molar-refractivity contribution in [1.82, 2.24) is 16.2 Å². The molecular formula is C18H17ClIN3O3S. The molecule has 2 aromatic carbocycles. The number of nitrogens with one attached hydrogen (secondary N) is 3. The summed E-state index contributed by atoms with van der Waals surface area (Å²) in [6.45, 7) is 0. The molecule has 0 aliphatic heterocycles. The van der Waals surface area contributed by atoms with Crippen molar-refractivity contribution in [3.8, 4) is 5.75 Å². The number of benzene rings is 2. The Morgan fingerprint density at radius 1 is 1.19 bits per heavy atom. The Morgan fingerprint density at radius 3 is 2.59 bits per heavy atom. The molecule has 0 spiro atoms. The van der Waals surface area contributed by atoms with Gasteiger partial charge in [-0.1, -0.05) is 29.8 Å². The molecule has 0 saturated carbocycles. The smallest absolute Gasteiger partial charge is 0.269 e. The molecule has 0 unspecified atom stereocenters. The van der Waals surface area contributed by atoms with Crippen molar-refractivity contribution in [3.05, 3.63) is 62.2 Å². The van der Waals surface area contributed by atoms with Crippen molar-refractivity contribution in [2.24, 2.45) is 0 Å². The number of hydrogen-bond donors (Lipinski definition) is 3. The van der Waals surface area contributed by atoms with Crippen molar-refractivity contribution in [2.45, 2.75) is 12.8 Å². The van der Waals surface area contributed by atoms with Crippen molar-refractivity contribution in [1.29, 1.82) is 0 Å². The minimum absolute atomic E-state index is 0.00992. The first-order chi connectivity index (χ1) is 12.9. The second-order valence-corrected chi connectivity index (χ2v) is 7.37. The van der Waals surface area contributed by atoms with Crippen LogP contribution < -0.4 is 20.9 Å². The fraction of sp³-hybridized carbons (Fsp3) is 0.167. The van der Waals surface area contributed by atoms with E-state index in [1.807, 2.05) is 18.2 Å². The van der Waals surface area contributed by atoms with E-state index in [4.69, 9.17) is 28.6 Å². The third-order valence-corrected chi connectivity index (χ3v) is 4.95. The maximum absolute atomic E-state index is 12.1. The van der Waals surface area contributed by atoms with Gasteiger partial charge in [0, 0.05) is 17.0 Å². The third kappa shape index (κ3) is 6.64. The van der Waals surface area contributed by atoms with Crippen LogP contribution in [0.4, 0.5) is 0 Å². The van der Waals surface area contributed by atoms with E-state index in [1.165, 1.54) is 0 Å². The van der Waals surface area contributed by atoms with Gasteiger partial charge in [0.1, 0.15) is 5.75 Å². The van der Waals surface area contributed by atoms with E-state index in [0.717, 1.165) is 9.13 Å². The molecule has 0 radical (unpaired) electrons. The highest BCUT2D eigenvalue weighted by Gasteiger charge is 2.10. The van der Waals surface area contributed by atoms with Crippen LogP contribution in [-0.2, 0) is 11.2 Å². The molecule has 3 N–H and O–H groups in total. The number of rotatable bonds is 5. The van der Waals surface area contributed by atoms with Gasteiger partial charge in [-0.15, -0.1) is 0 Å². The Hall–Kier alpha value is -1.91. The van der Waals surface area contributed by atoms with Crippen LogP contribution >= 0.6 is 46.4 Å². The standard InChI is InChI=1S/C18H17ClIN3O3S/c1-26-15-8-6-12(10-14(15)20)17(25)22-23-18(27)21-16(24)9-7-11-4-2-3-5-13(11)19/h2-6,8,10H,7,9H2,1H3,(H,22,25)(H2,21,23,24,27). The van der Waals surface area contributed by atoms with E-state index >= 15 is 0 Å². The van der Waals surface area contributed by atoms with E-state index in [2.05, 4.69) is 38.8 Å². The first-order valence-corrected chi connectivity index (χ1v) is 9.74. The summed E-state index contributed by atoms with van der Waals surface area (Å²) in [6, 6.07) is 12.3. The van der Waals surface area contributed by atoms with Crippen molar-refractivity contribution in [3.63, 3.8) is 0 Å². The van der Waals surface area contributed by atoms with E-state index in [-0.39, 0.29) is 23.3 Å². The first-order valence-electron chi connectivity index (χ1n) is 7.88. The van der Waals surface area contributed by atoms with Crippen LogP contribution in [-0.4, -0.2) is 24.0 Å². The van der Waals surface area contributed by atoms with Crippen LogP contribution in [0.1, 0.15) is 22.3 Å². The first kappa shape index (κ1) is 21.4. The molecule has 9 heteroatoms. The molecule has 0 aromatic heterocycles. The lowest BCUT2D eigenvalue weighted by molar-refractivity contribution is -0.119. The number of carbonyl (C=O) groups excluding carboxylic acids is 2. The Morgan fingerprint density at radius 2 is 1.93 bits per heavy atom. The second-order valence-electron chi connectivity index (χ2n) is 5.40. The van der Waals surface area contributed by atoms with Crippen LogP contribution in [0, 0.1) is 3.57 Å². The maximum atomic E-state index is 12.1. The summed E-state index contributed by atoms with van der Waals surface area (Å²) < 4.78 is 5.96. The van der Waals surface area contributed by atoms with Gasteiger partial charge in [-0.3, -0.25) is 20.4 Å².